The highest BCUT2D eigenvalue weighted by molar-refractivity contribution is 6.32. The van der Waals surface area contributed by atoms with Crippen LogP contribution < -0.4 is 16.2 Å². The number of alkyl halides is 3. The van der Waals surface area contributed by atoms with E-state index in [0.29, 0.717) is 38.3 Å². The van der Waals surface area contributed by atoms with Crippen molar-refractivity contribution < 1.29 is 18.0 Å². The van der Waals surface area contributed by atoms with Crippen LogP contribution in [0.4, 0.5) is 18.9 Å². The van der Waals surface area contributed by atoms with E-state index in [0.717, 1.165) is 11.3 Å². The van der Waals surface area contributed by atoms with Gasteiger partial charge in [0.1, 0.15) is 5.69 Å². The second-order valence-corrected chi connectivity index (χ2v) is 8.21. The summed E-state index contributed by atoms with van der Waals surface area (Å²) in [5.74, 6) is -0.632. The van der Waals surface area contributed by atoms with Crippen LogP contribution in [0, 0.1) is 6.92 Å². The standard InChI is InChI=1S/C21H20ClF3N6O2/c1-11-8-15(18(22)29-16(11)19(26)32)31-6-4-30(5-7-31)10-12-2-3-13-14(9-12)28-20(33)17(27-13)21(23,24)25/h2-3,8-9H,4-7,10H2,1H3,(H2,26,32)(H,28,33). The summed E-state index contributed by atoms with van der Waals surface area (Å²) >= 11 is 6.27. The molecule has 3 heterocycles. The third kappa shape index (κ3) is 4.79. The van der Waals surface area contributed by atoms with Crippen molar-refractivity contribution in [2.24, 2.45) is 5.73 Å². The first-order valence-corrected chi connectivity index (χ1v) is 10.4. The first kappa shape index (κ1) is 23.0. The molecule has 1 aliphatic rings. The van der Waals surface area contributed by atoms with E-state index >= 15 is 0 Å². The number of anilines is 1. The summed E-state index contributed by atoms with van der Waals surface area (Å²) in [6, 6.07) is 6.61. The summed E-state index contributed by atoms with van der Waals surface area (Å²) in [7, 11) is 0. The van der Waals surface area contributed by atoms with Crippen LogP contribution in [-0.4, -0.2) is 51.9 Å². The molecule has 0 bridgehead atoms. The van der Waals surface area contributed by atoms with Crippen molar-refractivity contribution in [1.29, 1.82) is 0 Å². The lowest BCUT2D eigenvalue weighted by Crippen LogP contribution is -2.46. The van der Waals surface area contributed by atoms with Crippen molar-refractivity contribution in [3.63, 3.8) is 0 Å². The maximum Gasteiger partial charge on any atom is 0.438 e. The first-order valence-electron chi connectivity index (χ1n) is 10.1. The molecule has 0 aliphatic carbocycles. The molecular formula is C21H20ClF3N6O2. The number of pyridine rings is 1. The van der Waals surface area contributed by atoms with Gasteiger partial charge in [0.05, 0.1) is 16.7 Å². The molecule has 33 heavy (non-hydrogen) atoms. The molecular weight excluding hydrogens is 461 g/mol. The van der Waals surface area contributed by atoms with Gasteiger partial charge < -0.3 is 15.6 Å². The minimum atomic E-state index is -4.81. The predicted molar refractivity (Wildman–Crippen MR) is 117 cm³/mol. The number of fused-ring (bicyclic) bond motifs is 1. The molecule has 1 aromatic carbocycles. The molecule has 1 fully saturated rings. The van der Waals surface area contributed by atoms with Gasteiger partial charge in [0.25, 0.3) is 11.5 Å². The highest BCUT2D eigenvalue weighted by Crippen LogP contribution is 2.28. The predicted octanol–water partition coefficient (Wildman–Crippen LogP) is 2.72. The molecule has 8 nitrogen and oxygen atoms in total. The van der Waals surface area contributed by atoms with Gasteiger partial charge in [-0.15, -0.1) is 0 Å². The fourth-order valence-corrected chi connectivity index (χ4v) is 4.14. The van der Waals surface area contributed by atoms with E-state index in [4.69, 9.17) is 17.3 Å². The van der Waals surface area contributed by atoms with Gasteiger partial charge in [0.15, 0.2) is 5.15 Å². The summed E-state index contributed by atoms with van der Waals surface area (Å²) < 4.78 is 38.7. The normalized spacial score (nSPS) is 15.2. The molecule has 174 valence electrons. The quantitative estimate of drug-likeness (QED) is 0.556. The zero-order chi connectivity index (χ0) is 23.9. The van der Waals surface area contributed by atoms with E-state index in [1.165, 1.54) is 6.07 Å². The highest BCUT2D eigenvalue weighted by Gasteiger charge is 2.36. The van der Waals surface area contributed by atoms with Crippen molar-refractivity contribution in [3.05, 3.63) is 62.3 Å². The molecule has 0 unspecified atom stereocenters. The number of nitrogens with two attached hydrogens (primary N) is 1. The van der Waals surface area contributed by atoms with Gasteiger partial charge in [-0.1, -0.05) is 17.7 Å². The van der Waals surface area contributed by atoms with E-state index in [1.54, 1.807) is 25.1 Å². The number of amides is 1. The average Bonchev–Trinajstić information content (AvgIpc) is 2.74. The number of aromatic nitrogens is 3. The molecule has 4 rings (SSSR count). The molecule has 2 aromatic heterocycles. The number of aryl methyl sites for hydroxylation is 1. The zero-order valence-corrected chi connectivity index (χ0v) is 18.3. The van der Waals surface area contributed by atoms with Crippen LogP contribution in [0.3, 0.4) is 0 Å². The van der Waals surface area contributed by atoms with Crippen molar-refractivity contribution in [1.82, 2.24) is 19.9 Å². The SMILES string of the molecule is Cc1cc(N2CCN(Cc3ccc4nc(C(F)(F)F)c(=O)[nH]c4c3)CC2)c(Cl)nc1C(N)=O. The lowest BCUT2D eigenvalue weighted by atomic mass is 10.1. The van der Waals surface area contributed by atoms with Crippen molar-refractivity contribution in [2.75, 3.05) is 31.1 Å². The summed E-state index contributed by atoms with van der Waals surface area (Å²) in [4.78, 5) is 37.3. The third-order valence-corrected chi connectivity index (χ3v) is 5.80. The minimum absolute atomic E-state index is 0.0763. The number of carbonyl (C=O) groups excluding carboxylic acids is 1. The third-order valence-electron chi connectivity index (χ3n) is 5.53. The molecule has 12 heteroatoms. The Morgan fingerprint density at radius 1 is 1.18 bits per heavy atom. The smallest absolute Gasteiger partial charge is 0.366 e. The number of nitrogens with one attached hydrogen (secondary N) is 1. The van der Waals surface area contributed by atoms with Crippen molar-refractivity contribution in [3.8, 4) is 0 Å². The van der Waals surface area contributed by atoms with Gasteiger partial charge >= 0.3 is 6.18 Å². The van der Waals surface area contributed by atoms with Crippen LogP contribution in [0.25, 0.3) is 11.0 Å². The van der Waals surface area contributed by atoms with Crippen LogP contribution in [0.1, 0.15) is 27.3 Å². The lowest BCUT2D eigenvalue weighted by Gasteiger charge is -2.36. The van der Waals surface area contributed by atoms with Crippen molar-refractivity contribution in [2.45, 2.75) is 19.6 Å². The Labute approximate surface area is 191 Å². The molecule has 1 saturated heterocycles. The number of aromatic amines is 1. The fourth-order valence-electron chi connectivity index (χ4n) is 3.88. The Balaban J connectivity index is 1.45. The maximum atomic E-state index is 12.9. The van der Waals surface area contributed by atoms with Crippen LogP contribution in [0.5, 0.6) is 0 Å². The molecule has 3 N–H and O–H groups in total. The minimum Gasteiger partial charge on any atom is -0.366 e. The van der Waals surface area contributed by atoms with Gasteiger partial charge in [-0.25, -0.2) is 9.97 Å². The molecule has 0 radical (unpaired) electrons. The number of hydrogen-bond acceptors (Lipinski definition) is 6. The van der Waals surface area contributed by atoms with Crippen LogP contribution in [-0.2, 0) is 12.7 Å². The summed E-state index contributed by atoms with van der Waals surface area (Å²) in [5.41, 5.74) is 5.31. The second kappa shape index (κ2) is 8.64. The summed E-state index contributed by atoms with van der Waals surface area (Å²) in [6.45, 7) is 5.03. The highest BCUT2D eigenvalue weighted by atomic mass is 35.5. The Kier molecular flexibility index (Phi) is 6.02. The fraction of sp³-hybridized carbons (Fsp3) is 0.333. The van der Waals surface area contributed by atoms with Crippen LogP contribution >= 0.6 is 11.6 Å². The average molecular weight is 481 g/mol. The number of rotatable bonds is 4. The monoisotopic (exact) mass is 480 g/mol. The van der Waals surface area contributed by atoms with Gasteiger partial charge in [-0.3, -0.25) is 14.5 Å². The topological polar surface area (TPSA) is 108 Å². The Morgan fingerprint density at radius 2 is 1.88 bits per heavy atom. The lowest BCUT2D eigenvalue weighted by molar-refractivity contribution is -0.142. The molecule has 0 spiro atoms. The number of nitrogens with zero attached hydrogens (tertiary/aromatic N) is 4. The van der Waals surface area contributed by atoms with E-state index in [1.807, 2.05) is 0 Å². The number of hydrogen-bond donors (Lipinski definition) is 2. The van der Waals surface area contributed by atoms with E-state index in [2.05, 4.69) is 24.8 Å². The number of halogens is 4. The summed E-state index contributed by atoms with van der Waals surface area (Å²) in [6.07, 6.45) is -4.81. The van der Waals surface area contributed by atoms with E-state index in [9.17, 15) is 22.8 Å². The molecule has 1 aliphatic heterocycles. The van der Waals surface area contributed by atoms with E-state index in [-0.39, 0.29) is 21.9 Å². The van der Waals surface area contributed by atoms with E-state index < -0.39 is 23.3 Å². The van der Waals surface area contributed by atoms with Gasteiger partial charge in [0, 0.05) is 32.7 Å². The molecule has 0 atom stereocenters. The van der Waals surface area contributed by atoms with Gasteiger partial charge in [-0.05, 0) is 36.2 Å². The Morgan fingerprint density at radius 3 is 2.52 bits per heavy atom. The molecule has 0 saturated carbocycles. The molecule has 1 amide bonds. The Bertz CT molecular complexity index is 1290. The summed E-state index contributed by atoms with van der Waals surface area (Å²) in [5, 5.41) is 0.215. The Hall–Kier alpha value is -3.18. The largest absolute Gasteiger partial charge is 0.438 e. The molecule has 3 aromatic rings. The maximum absolute atomic E-state index is 12.9. The first-order chi connectivity index (χ1) is 15.5. The number of H-pyrrole nitrogens is 1. The number of carbonyl (C=O) groups is 1. The van der Waals surface area contributed by atoms with Gasteiger partial charge in [0.2, 0.25) is 5.69 Å². The zero-order valence-electron chi connectivity index (χ0n) is 17.5. The number of primary amides is 1. The van der Waals surface area contributed by atoms with Gasteiger partial charge in [-0.2, -0.15) is 13.2 Å². The number of piperazine rings is 1. The van der Waals surface area contributed by atoms with Crippen LogP contribution in [0.2, 0.25) is 5.15 Å². The van der Waals surface area contributed by atoms with Crippen molar-refractivity contribution >= 4 is 34.2 Å². The number of benzene rings is 1. The van der Waals surface area contributed by atoms with Crippen LogP contribution in [0.15, 0.2) is 29.1 Å². The second-order valence-electron chi connectivity index (χ2n) is 7.86.